The van der Waals surface area contributed by atoms with Gasteiger partial charge in [-0.2, -0.15) is 0 Å². The van der Waals surface area contributed by atoms with E-state index in [4.69, 9.17) is 9.47 Å². The molecule has 118 valence electrons. The fraction of sp³-hybridized carbons (Fsp3) is 0.647. The van der Waals surface area contributed by atoms with Crippen molar-refractivity contribution in [3.8, 4) is 11.5 Å². The van der Waals surface area contributed by atoms with Crippen LogP contribution in [0.4, 0.5) is 0 Å². The van der Waals surface area contributed by atoms with Crippen LogP contribution in [-0.4, -0.2) is 38.4 Å². The van der Waals surface area contributed by atoms with E-state index in [1.165, 1.54) is 12.0 Å². The molecule has 0 saturated carbocycles. The average Bonchev–Trinajstić information content (AvgIpc) is 2.92. The van der Waals surface area contributed by atoms with E-state index in [0.29, 0.717) is 12.8 Å². The van der Waals surface area contributed by atoms with Crippen LogP contribution in [0.15, 0.2) is 18.2 Å². The average molecular weight is 292 g/mol. The Morgan fingerprint density at radius 1 is 1.24 bits per heavy atom. The molecule has 0 radical (unpaired) electrons. The molecular weight excluding hydrogens is 264 g/mol. The molecule has 0 aromatic heterocycles. The second-order valence-electron chi connectivity index (χ2n) is 6.17. The van der Waals surface area contributed by atoms with Gasteiger partial charge in [0, 0.05) is 12.6 Å². The van der Waals surface area contributed by atoms with Gasteiger partial charge >= 0.3 is 0 Å². The molecule has 1 aromatic rings. The highest BCUT2D eigenvalue weighted by molar-refractivity contribution is 5.45. The highest BCUT2D eigenvalue weighted by atomic mass is 16.7. The zero-order chi connectivity index (χ0) is 15.2. The summed E-state index contributed by atoms with van der Waals surface area (Å²) in [7, 11) is 2.19. The van der Waals surface area contributed by atoms with Crippen molar-refractivity contribution < 1.29 is 9.47 Å². The lowest BCUT2D eigenvalue weighted by Gasteiger charge is -2.25. The number of hydrogen-bond acceptors (Lipinski definition) is 4. The van der Waals surface area contributed by atoms with Gasteiger partial charge in [0.25, 0.3) is 0 Å². The van der Waals surface area contributed by atoms with Gasteiger partial charge in [0.2, 0.25) is 6.79 Å². The van der Waals surface area contributed by atoms with Crippen molar-refractivity contribution >= 4 is 0 Å². The molecule has 1 unspecified atom stereocenters. The van der Waals surface area contributed by atoms with Crippen LogP contribution >= 0.6 is 0 Å². The first-order chi connectivity index (χ1) is 10.1. The summed E-state index contributed by atoms with van der Waals surface area (Å²) in [5.74, 6) is 2.46. The summed E-state index contributed by atoms with van der Waals surface area (Å²) in [6.07, 6.45) is 1.23. The monoisotopic (exact) mass is 292 g/mol. The lowest BCUT2D eigenvalue weighted by molar-refractivity contribution is 0.174. The highest BCUT2D eigenvalue weighted by Gasteiger charge is 2.18. The van der Waals surface area contributed by atoms with Crippen LogP contribution in [0.5, 0.6) is 11.5 Å². The molecule has 21 heavy (non-hydrogen) atoms. The molecule has 4 nitrogen and oxygen atoms in total. The van der Waals surface area contributed by atoms with Gasteiger partial charge in [-0.05, 0) is 50.2 Å². The summed E-state index contributed by atoms with van der Waals surface area (Å²) >= 11 is 0. The van der Waals surface area contributed by atoms with Crippen LogP contribution in [0.25, 0.3) is 0 Å². The van der Waals surface area contributed by atoms with Crippen molar-refractivity contribution in [2.45, 2.75) is 33.2 Å². The van der Waals surface area contributed by atoms with Gasteiger partial charge in [-0.25, -0.2) is 0 Å². The van der Waals surface area contributed by atoms with Crippen LogP contribution in [0.3, 0.4) is 0 Å². The van der Waals surface area contributed by atoms with E-state index in [2.05, 4.69) is 50.2 Å². The molecule has 0 spiro atoms. The lowest BCUT2D eigenvalue weighted by atomic mass is 10.0. The van der Waals surface area contributed by atoms with Gasteiger partial charge in [-0.15, -0.1) is 0 Å². The SMILES string of the molecule is CCNC(CN(C)CCC(C)C)c1ccc2c(c1)OCO2. The van der Waals surface area contributed by atoms with Crippen LogP contribution in [0, 0.1) is 5.92 Å². The Bertz CT molecular complexity index is 448. The number of rotatable bonds is 8. The predicted octanol–water partition coefficient (Wildman–Crippen LogP) is 3.04. The molecule has 1 aliphatic heterocycles. The van der Waals surface area contributed by atoms with E-state index < -0.39 is 0 Å². The zero-order valence-corrected chi connectivity index (χ0v) is 13.7. The third-order valence-electron chi connectivity index (χ3n) is 3.83. The number of likely N-dealkylation sites (N-methyl/N-ethyl adjacent to an activating group) is 2. The van der Waals surface area contributed by atoms with Gasteiger partial charge in [-0.1, -0.05) is 26.8 Å². The molecule has 1 aliphatic rings. The van der Waals surface area contributed by atoms with Crippen LogP contribution < -0.4 is 14.8 Å². The maximum atomic E-state index is 5.49. The quantitative estimate of drug-likeness (QED) is 0.798. The van der Waals surface area contributed by atoms with Crippen molar-refractivity contribution in [2.24, 2.45) is 5.92 Å². The molecule has 1 aromatic carbocycles. The number of benzene rings is 1. The Morgan fingerprint density at radius 3 is 2.71 bits per heavy atom. The Labute approximate surface area is 128 Å². The minimum Gasteiger partial charge on any atom is -0.454 e. The van der Waals surface area contributed by atoms with Crippen LogP contribution in [-0.2, 0) is 0 Å². The molecule has 1 atom stereocenters. The van der Waals surface area contributed by atoms with E-state index in [9.17, 15) is 0 Å². The molecule has 0 aliphatic carbocycles. The Morgan fingerprint density at radius 2 is 2.00 bits per heavy atom. The van der Waals surface area contributed by atoms with Gasteiger partial charge < -0.3 is 19.7 Å². The number of hydrogen-bond donors (Lipinski definition) is 1. The zero-order valence-electron chi connectivity index (χ0n) is 13.7. The number of nitrogens with zero attached hydrogens (tertiary/aromatic N) is 1. The number of ether oxygens (including phenoxy) is 2. The summed E-state index contributed by atoms with van der Waals surface area (Å²) in [6.45, 7) is 10.1. The van der Waals surface area contributed by atoms with Crippen LogP contribution in [0.2, 0.25) is 0 Å². The number of nitrogens with one attached hydrogen (secondary N) is 1. The molecule has 1 heterocycles. The first kappa shape index (κ1) is 16.1. The van der Waals surface area contributed by atoms with E-state index in [0.717, 1.165) is 37.1 Å². The summed E-state index contributed by atoms with van der Waals surface area (Å²) in [5.41, 5.74) is 1.26. The third-order valence-corrected chi connectivity index (χ3v) is 3.83. The first-order valence-electron chi connectivity index (χ1n) is 7.91. The fourth-order valence-electron chi connectivity index (χ4n) is 2.55. The minimum atomic E-state index is 0.321. The standard InChI is InChI=1S/C17H28N2O2/c1-5-18-15(11-19(4)9-8-13(2)3)14-6-7-16-17(10-14)21-12-20-16/h6-7,10,13,15,18H,5,8-9,11-12H2,1-4H3. The summed E-state index contributed by atoms with van der Waals surface area (Å²) in [4.78, 5) is 2.40. The molecule has 0 bridgehead atoms. The summed E-state index contributed by atoms with van der Waals surface area (Å²) < 4.78 is 10.9. The highest BCUT2D eigenvalue weighted by Crippen LogP contribution is 2.34. The van der Waals surface area contributed by atoms with Gasteiger partial charge in [0.1, 0.15) is 0 Å². The second-order valence-corrected chi connectivity index (χ2v) is 6.17. The summed E-state index contributed by atoms with van der Waals surface area (Å²) in [5, 5.41) is 3.57. The minimum absolute atomic E-state index is 0.321. The first-order valence-corrected chi connectivity index (χ1v) is 7.91. The van der Waals surface area contributed by atoms with Crippen LogP contribution in [0.1, 0.15) is 38.8 Å². The molecule has 0 amide bonds. The topological polar surface area (TPSA) is 33.7 Å². The molecule has 4 heteroatoms. The Balaban J connectivity index is 2.01. The molecule has 1 N–H and O–H groups in total. The Kier molecular flexibility index (Phi) is 5.88. The van der Waals surface area contributed by atoms with Crippen molar-refractivity contribution in [3.05, 3.63) is 23.8 Å². The van der Waals surface area contributed by atoms with Crippen molar-refractivity contribution in [1.82, 2.24) is 10.2 Å². The lowest BCUT2D eigenvalue weighted by Crippen LogP contribution is -2.33. The molecular formula is C17H28N2O2. The predicted molar refractivity (Wildman–Crippen MR) is 85.9 cm³/mol. The van der Waals surface area contributed by atoms with Crippen molar-refractivity contribution in [2.75, 3.05) is 33.5 Å². The van der Waals surface area contributed by atoms with Gasteiger partial charge in [-0.3, -0.25) is 0 Å². The van der Waals surface area contributed by atoms with Crippen molar-refractivity contribution in [3.63, 3.8) is 0 Å². The molecule has 0 fully saturated rings. The van der Waals surface area contributed by atoms with Gasteiger partial charge in [0.15, 0.2) is 11.5 Å². The largest absolute Gasteiger partial charge is 0.454 e. The maximum absolute atomic E-state index is 5.49. The van der Waals surface area contributed by atoms with Crippen molar-refractivity contribution in [1.29, 1.82) is 0 Å². The molecule has 0 saturated heterocycles. The number of fused-ring (bicyclic) bond motifs is 1. The normalized spacial score (nSPS) is 15.0. The van der Waals surface area contributed by atoms with E-state index in [-0.39, 0.29) is 0 Å². The van der Waals surface area contributed by atoms with E-state index >= 15 is 0 Å². The maximum Gasteiger partial charge on any atom is 0.231 e. The van der Waals surface area contributed by atoms with E-state index in [1.54, 1.807) is 0 Å². The van der Waals surface area contributed by atoms with Gasteiger partial charge in [0.05, 0.1) is 0 Å². The third kappa shape index (κ3) is 4.61. The molecule has 2 rings (SSSR count). The second kappa shape index (κ2) is 7.66. The Hall–Kier alpha value is -1.26. The smallest absolute Gasteiger partial charge is 0.231 e. The van der Waals surface area contributed by atoms with E-state index in [1.807, 2.05) is 6.07 Å². The summed E-state index contributed by atoms with van der Waals surface area (Å²) in [6, 6.07) is 6.57. The fourth-order valence-corrected chi connectivity index (χ4v) is 2.55.